The van der Waals surface area contributed by atoms with Gasteiger partial charge in [0.25, 0.3) is 5.91 Å². The van der Waals surface area contributed by atoms with E-state index >= 15 is 0 Å². The van der Waals surface area contributed by atoms with Crippen LogP contribution in [0.1, 0.15) is 40.5 Å². The van der Waals surface area contributed by atoms with E-state index in [2.05, 4.69) is 31.0 Å². The van der Waals surface area contributed by atoms with E-state index in [1.807, 2.05) is 18.7 Å². The molecule has 4 heteroatoms. The highest BCUT2D eigenvalue weighted by Gasteiger charge is 2.29. The lowest BCUT2D eigenvalue weighted by Crippen LogP contribution is -2.45. The predicted octanol–water partition coefficient (Wildman–Crippen LogP) is 2.94. The largest absolute Gasteiger partial charge is 0.393 e. The molecule has 2 N–H and O–H groups in total. The lowest BCUT2D eigenvalue weighted by atomic mass is 9.96. The van der Waals surface area contributed by atoms with E-state index in [0.717, 1.165) is 22.0 Å². The topological polar surface area (TPSA) is 56.3 Å². The van der Waals surface area contributed by atoms with Crippen molar-refractivity contribution in [3.63, 3.8) is 0 Å². The van der Waals surface area contributed by atoms with Gasteiger partial charge in [0.2, 0.25) is 0 Å². The van der Waals surface area contributed by atoms with Gasteiger partial charge in [-0.1, -0.05) is 19.1 Å². The van der Waals surface area contributed by atoms with Crippen LogP contribution < -0.4 is 0 Å². The Morgan fingerprint density at radius 3 is 2.59 bits per heavy atom. The Hall–Kier alpha value is -1.81. The Morgan fingerprint density at radius 1 is 1.27 bits per heavy atom. The fourth-order valence-electron chi connectivity index (χ4n) is 3.49. The molecule has 4 nitrogen and oxygen atoms in total. The number of nitrogens with zero attached hydrogens (tertiary/aromatic N) is 1. The molecule has 118 valence electrons. The van der Waals surface area contributed by atoms with Crippen LogP contribution in [0.15, 0.2) is 12.1 Å². The van der Waals surface area contributed by atoms with Gasteiger partial charge in [0.1, 0.15) is 5.69 Å². The van der Waals surface area contributed by atoms with Crippen molar-refractivity contribution in [3.8, 4) is 0 Å². The van der Waals surface area contributed by atoms with E-state index < -0.39 is 0 Å². The summed E-state index contributed by atoms with van der Waals surface area (Å²) in [6, 6.07) is 4.19. The number of aryl methyl sites for hydroxylation is 3. The third-order valence-corrected chi connectivity index (χ3v) is 4.98. The Balaban J connectivity index is 2.00. The number of aliphatic hydroxyl groups excluding tert-OH is 1. The molecule has 1 aliphatic rings. The highest BCUT2D eigenvalue weighted by molar-refractivity contribution is 6.02. The minimum Gasteiger partial charge on any atom is -0.393 e. The molecule has 0 radical (unpaired) electrons. The molecule has 2 aromatic rings. The number of aromatic amines is 1. The maximum Gasteiger partial charge on any atom is 0.270 e. The van der Waals surface area contributed by atoms with Gasteiger partial charge in [-0.05, 0) is 49.8 Å². The van der Waals surface area contributed by atoms with Crippen LogP contribution in [0.5, 0.6) is 0 Å². The van der Waals surface area contributed by atoms with Crippen LogP contribution in [-0.2, 0) is 0 Å². The van der Waals surface area contributed by atoms with Crippen molar-refractivity contribution in [2.45, 2.75) is 40.2 Å². The summed E-state index contributed by atoms with van der Waals surface area (Å²) in [6.07, 6.45) is 0.363. The average molecular weight is 300 g/mol. The first-order chi connectivity index (χ1) is 10.4. The van der Waals surface area contributed by atoms with Gasteiger partial charge in [-0.3, -0.25) is 4.79 Å². The Morgan fingerprint density at radius 2 is 1.95 bits per heavy atom. The van der Waals surface area contributed by atoms with Crippen LogP contribution in [0.4, 0.5) is 0 Å². The molecule has 1 amide bonds. The number of hydrogen-bond donors (Lipinski definition) is 2. The van der Waals surface area contributed by atoms with Gasteiger partial charge in [0.15, 0.2) is 0 Å². The monoisotopic (exact) mass is 300 g/mol. The average Bonchev–Trinajstić information content (AvgIpc) is 2.84. The van der Waals surface area contributed by atoms with E-state index in [1.54, 1.807) is 0 Å². The second-order valence-corrected chi connectivity index (χ2v) is 6.66. The molecule has 0 saturated carbocycles. The number of aromatic nitrogens is 1. The number of benzene rings is 1. The van der Waals surface area contributed by atoms with Crippen molar-refractivity contribution >= 4 is 16.8 Å². The Labute approximate surface area is 131 Å². The number of rotatable bonds is 1. The van der Waals surface area contributed by atoms with E-state index in [-0.39, 0.29) is 17.9 Å². The summed E-state index contributed by atoms with van der Waals surface area (Å²) in [7, 11) is 0. The molecule has 3 rings (SSSR count). The fourth-order valence-corrected chi connectivity index (χ4v) is 3.49. The van der Waals surface area contributed by atoms with Crippen molar-refractivity contribution in [2.75, 3.05) is 13.1 Å². The fraction of sp³-hybridized carbons (Fsp3) is 0.500. The zero-order valence-corrected chi connectivity index (χ0v) is 13.7. The molecule has 0 unspecified atom stereocenters. The minimum absolute atomic E-state index is 0.0475. The minimum atomic E-state index is -0.294. The Bertz CT molecular complexity index is 732. The van der Waals surface area contributed by atoms with Crippen LogP contribution in [-0.4, -0.2) is 40.1 Å². The van der Waals surface area contributed by atoms with Crippen LogP contribution in [0.25, 0.3) is 10.9 Å². The van der Waals surface area contributed by atoms with Crippen molar-refractivity contribution in [1.29, 1.82) is 0 Å². The molecule has 22 heavy (non-hydrogen) atoms. The molecule has 0 bridgehead atoms. The lowest BCUT2D eigenvalue weighted by molar-refractivity contribution is 0.0294. The SMILES string of the molecule is Cc1ccc(C)c2c(C)c(C(=O)N3CC[C@@H](O)[C@H](C)C3)[nH]c12. The van der Waals surface area contributed by atoms with Gasteiger partial charge < -0.3 is 15.0 Å². The zero-order chi connectivity index (χ0) is 16.0. The summed E-state index contributed by atoms with van der Waals surface area (Å²) < 4.78 is 0. The third-order valence-electron chi connectivity index (χ3n) is 4.98. The number of aliphatic hydroxyl groups is 1. The van der Waals surface area contributed by atoms with E-state index in [0.29, 0.717) is 25.2 Å². The van der Waals surface area contributed by atoms with Crippen LogP contribution in [0.2, 0.25) is 0 Å². The van der Waals surface area contributed by atoms with Crippen molar-refractivity contribution < 1.29 is 9.90 Å². The molecule has 1 saturated heterocycles. The molecule has 0 aliphatic carbocycles. The maximum atomic E-state index is 12.9. The van der Waals surface area contributed by atoms with Gasteiger partial charge in [0.05, 0.1) is 6.10 Å². The molecule has 1 fully saturated rings. The van der Waals surface area contributed by atoms with Crippen LogP contribution in [0, 0.1) is 26.7 Å². The second kappa shape index (κ2) is 5.43. The van der Waals surface area contributed by atoms with Gasteiger partial charge in [0, 0.05) is 24.0 Å². The smallest absolute Gasteiger partial charge is 0.270 e. The molecule has 0 spiro atoms. The van der Waals surface area contributed by atoms with Crippen molar-refractivity contribution in [1.82, 2.24) is 9.88 Å². The number of carbonyl (C=O) groups excluding carboxylic acids is 1. The normalized spacial score (nSPS) is 22.3. The molecule has 1 aromatic heterocycles. The van der Waals surface area contributed by atoms with Crippen LogP contribution >= 0.6 is 0 Å². The first-order valence-electron chi connectivity index (χ1n) is 7.96. The molecule has 1 aliphatic heterocycles. The standard InChI is InChI=1S/C18H24N2O2/c1-10-5-6-11(2)16-15(10)13(4)17(19-16)18(22)20-8-7-14(21)12(3)9-20/h5-6,12,14,19,21H,7-9H2,1-4H3/t12-,14-/m1/s1. The molecule has 1 aromatic carbocycles. The number of carbonyl (C=O) groups is 1. The Kier molecular flexibility index (Phi) is 3.73. The summed E-state index contributed by atoms with van der Waals surface area (Å²) in [5.41, 5.74) is 5.13. The number of hydrogen-bond acceptors (Lipinski definition) is 2. The summed E-state index contributed by atoms with van der Waals surface area (Å²) in [6.45, 7) is 9.39. The van der Waals surface area contributed by atoms with E-state index in [1.165, 1.54) is 5.56 Å². The summed E-state index contributed by atoms with van der Waals surface area (Å²) in [5.74, 6) is 0.178. The number of H-pyrrole nitrogens is 1. The lowest BCUT2D eigenvalue weighted by Gasteiger charge is -2.34. The highest BCUT2D eigenvalue weighted by atomic mass is 16.3. The maximum absolute atomic E-state index is 12.9. The highest BCUT2D eigenvalue weighted by Crippen LogP contribution is 2.29. The molecule has 2 heterocycles. The quantitative estimate of drug-likeness (QED) is 0.851. The number of nitrogens with one attached hydrogen (secondary N) is 1. The summed E-state index contributed by atoms with van der Waals surface area (Å²) in [4.78, 5) is 18.1. The summed E-state index contributed by atoms with van der Waals surface area (Å²) >= 11 is 0. The number of piperidine rings is 1. The van der Waals surface area contributed by atoms with Crippen LogP contribution in [0.3, 0.4) is 0 Å². The molecular weight excluding hydrogens is 276 g/mol. The zero-order valence-electron chi connectivity index (χ0n) is 13.7. The van der Waals surface area contributed by atoms with Crippen molar-refractivity contribution in [3.05, 3.63) is 34.5 Å². The first-order valence-corrected chi connectivity index (χ1v) is 7.96. The van der Waals surface area contributed by atoms with Gasteiger partial charge in [-0.15, -0.1) is 0 Å². The van der Waals surface area contributed by atoms with Gasteiger partial charge in [-0.2, -0.15) is 0 Å². The third kappa shape index (κ3) is 2.31. The number of likely N-dealkylation sites (tertiary alicyclic amines) is 1. The molecular formula is C18H24N2O2. The predicted molar refractivity (Wildman–Crippen MR) is 88.2 cm³/mol. The van der Waals surface area contributed by atoms with E-state index in [9.17, 15) is 9.90 Å². The first kappa shape index (κ1) is 15.1. The molecule has 2 atom stereocenters. The number of fused-ring (bicyclic) bond motifs is 1. The summed E-state index contributed by atoms with van der Waals surface area (Å²) in [5, 5.41) is 11.0. The second-order valence-electron chi connectivity index (χ2n) is 6.66. The van der Waals surface area contributed by atoms with E-state index in [4.69, 9.17) is 0 Å². The number of amides is 1. The van der Waals surface area contributed by atoms with Gasteiger partial charge >= 0.3 is 0 Å². The van der Waals surface area contributed by atoms with Gasteiger partial charge in [-0.25, -0.2) is 0 Å². The van der Waals surface area contributed by atoms with Crippen molar-refractivity contribution in [2.24, 2.45) is 5.92 Å².